The van der Waals surface area contributed by atoms with E-state index in [-0.39, 0.29) is 23.7 Å². The summed E-state index contributed by atoms with van der Waals surface area (Å²) in [6.45, 7) is 4.22. The SMILES string of the molecule is Cc1cc(-c2ccccc2OC(C[C@@H](Oc2ccccc2-c2cc(C)cc(-n3c4ccccc4c4ccccc43)c2O)C2CCCCC2)C2CCCCC2)c(O)c(-n2c3ccccc3c3ccccc32)c1. The standard InChI is InChI=1S/C65H62N2O4/c1-42-37-52(64(68)58(39-42)66-54-31-15-9-25-46(54)47-26-10-16-32-55(47)66)50-29-13-19-35-60(50)70-62(44-21-5-3-6-22-44)41-63(45-23-7-4-8-24-45)71-61-36-20-14-30-51(61)53-38-43(2)40-59(65(53)69)67-56-33-17-11-27-48(56)49-28-12-18-34-57(49)67/h9-20,25-40,44-45,62-63,68-69H,3-8,21-24,41H2,1-2H3/t62-,63?/m1/s1. The molecule has 2 fully saturated rings. The van der Waals surface area contributed by atoms with Crippen LogP contribution in [0.3, 0.4) is 0 Å². The lowest BCUT2D eigenvalue weighted by Crippen LogP contribution is -2.38. The molecule has 2 aromatic heterocycles. The Labute approximate surface area is 416 Å². The smallest absolute Gasteiger partial charge is 0.147 e. The number of aromatic hydroxyl groups is 2. The fraction of sp³-hybridized carbons (Fsp3) is 0.262. The first kappa shape index (κ1) is 44.7. The van der Waals surface area contributed by atoms with E-state index < -0.39 is 0 Å². The van der Waals surface area contributed by atoms with Crippen LogP contribution < -0.4 is 9.47 Å². The van der Waals surface area contributed by atoms with Crippen LogP contribution in [0.1, 0.15) is 81.8 Å². The van der Waals surface area contributed by atoms with Gasteiger partial charge in [0.15, 0.2) is 0 Å². The molecule has 10 aromatic rings. The summed E-state index contributed by atoms with van der Waals surface area (Å²) in [6.07, 6.45) is 12.2. The molecular formula is C65H62N2O4. The van der Waals surface area contributed by atoms with E-state index in [1.807, 2.05) is 0 Å². The molecule has 2 saturated carbocycles. The van der Waals surface area contributed by atoms with Gasteiger partial charge >= 0.3 is 0 Å². The lowest BCUT2D eigenvalue weighted by molar-refractivity contribution is 0.0256. The maximum atomic E-state index is 12.5. The van der Waals surface area contributed by atoms with Crippen molar-refractivity contribution in [1.82, 2.24) is 9.13 Å². The molecule has 2 N–H and O–H groups in total. The molecule has 0 bridgehead atoms. The third-order valence-electron chi connectivity index (χ3n) is 15.8. The summed E-state index contributed by atoms with van der Waals surface area (Å²) >= 11 is 0. The number of para-hydroxylation sites is 6. The molecule has 0 amide bonds. The highest BCUT2D eigenvalue weighted by Gasteiger charge is 2.35. The van der Waals surface area contributed by atoms with Crippen LogP contribution >= 0.6 is 0 Å². The number of aryl methyl sites for hydroxylation is 2. The van der Waals surface area contributed by atoms with Crippen molar-refractivity contribution in [2.24, 2.45) is 11.8 Å². The van der Waals surface area contributed by atoms with E-state index in [2.05, 4.69) is 193 Å². The van der Waals surface area contributed by atoms with Crippen molar-refractivity contribution in [3.8, 4) is 56.6 Å². The van der Waals surface area contributed by atoms with Gasteiger partial charge in [0.1, 0.15) is 35.2 Å². The highest BCUT2D eigenvalue weighted by Crippen LogP contribution is 2.47. The van der Waals surface area contributed by atoms with E-state index >= 15 is 0 Å². The van der Waals surface area contributed by atoms with Gasteiger partial charge in [0.05, 0.1) is 33.4 Å². The summed E-state index contributed by atoms with van der Waals surface area (Å²) in [7, 11) is 0. The number of phenolic OH excluding ortho intramolecular Hbond substituents is 2. The number of nitrogens with zero attached hydrogens (tertiary/aromatic N) is 2. The van der Waals surface area contributed by atoms with E-state index in [0.29, 0.717) is 11.8 Å². The highest BCUT2D eigenvalue weighted by atomic mass is 16.5. The molecule has 0 saturated heterocycles. The molecule has 71 heavy (non-hydrogen) atoms. The summed E-state index contributed by atoms with van der Waals surface area (Å²) < 4.78 is 19.4. The first-order valence-corrected chi connectivity index (χ1v) is 26.1. The number of phenols is 2. The zero-order valence-corrected chi connectivity index (χ0v) is 40.9. The summed E-state index contributed by atoms with van der Waals surface area (Å²) in [5.74, 6) is 2.73. The van der Waals surface area contributed by atoms with Crippen LogP contribution in [0.4, 0.5) is 0 Å². The van der Waals surface area contributed by atoms with Crippen molar-refractivity contribution in [2.45, 2.75) is 96.7 Å². The lowest BCUT2D eigenvalue weighted by Gasteiger charge is -2.37. The molecule has 6 nitrogen and oxygen atoms in total. The van der Waals surface area contributed by atoms with Gasteiger partial charge in [-0.25, -0.2) is 0 Å². The fourth-order valence-electron chi connectivity index (χ4n) is 12.5. The fourth-order valence-corrected chi connectivity index (χ4v) is 12.5. The topological polar surface area (TPSA) is 68.8 Å². The minimum absolute atomic E-state index is 0.117. The van der Waals surface area contributed by atoms with E-state index in [1.165, 1.54) is 38.5 Å². The number of hydrogen-bond acceptors (Lipinski definition) is 4. The molecule has 12 rings (SSSR count). The Morgan fingerprint density at radius 1 is 0.408 bits per heavy atom. The summed E-state index contributed by atoms with van der Waals surface area (Å²) in [5.41, 5.74) is 11.1. The Bertz CT molecular complexity index is 3230. The molecule has 0 aliphatic heterocycles. The number of aromatic nitrogens is 2. The van der Waals surface area contributed by atoms with E-state index in [9.17, 15) is 10.2 Å². The van der Waals surface area contributed by atoms with E-state index in [0.717, 1.165) is 132 Å². The zero-order chi connectivity index (χ0) is 48.0. The average Bonchev–Trinajstić information content (AvgIpc) is 3.93. The second-order valence-corrected chi connectivity index (χ2v) is 20.4. The van der Waals surface area contributed by atoms with Gasteiger partial charge in [-0.3, -0.25) is 0 Å². The normalized spacial score (nSPS) is 15.7. The molecule has 2 atom stereocenters. The Morgan fingerprint density at radius 3 is 1.10 bits per heavy atom. The van der Waals surface area contributed by atoms with Crippen molar-refractivity contribution in [2.75, 3.05) is 0 Å². The summed E-state index contributed by atoms with van der Waals surface area (Å²) in [5, 5.41) is 29.7. The van der Waals surface area contributed by atoms with E-state index in [1.54, 1.807) is 0 Å². The Balaban J connectivity index is 0.923. The number of fused-ring (bicyclic) bond motifs is 6. The van der Waals surface area contributed by atoms with Crippen LogP contribution in [-0.4, -0.2) is 31.6 Å². The lowest BCUT2D eigenvalue weighted by atomic mass is 9.78. The van der Waals surface area contributed by atoms with Crippen molar-refractivity contribution in [3.63, 3.8) is 0 Å². The quantitative estimate of drug-likeness (QED) is 0.128. The van der Waals surface area contributed by atoms with Crippen molar-refractivity contribution in [3.05, 3.63) is 181 Å². The number of rotatable bonds is 12. The van der Waals surface area contributed by atoms with Gasteiger partial charge in [-0.2, -0.15) is 0 Å². The number of hydrogen-bond donors (Lipinski definition) is 2. The monoisotopic (exact) mass is 934 g/mol. The van der Waals surface area contributed by atoms with Gasteiger partial charge in [0.2, 0.25) is 0 Å². The van der Waals surface area contributed by atoms with Gasteiger partial charge < -0.3 is 28.8 Å². The second kappa shape index (κ2) is 19.0. The molecule has 2 heterocycles. The van der Waals surface area contributed by atoms with Gasteiger partial charge in [-0.15, -0.1) is 0 Å². The molecule has 2 aliphatic carbocycles. The molecule has 8 aromatic carbocycles. The van der Waals surface area contributed by atoms with Gasteiger partial charge in [-0.1, -0.05) is 148 Å². The first-order valence-electron chi connectivity index (χ1n) is 26.1. The maximum Gasteiger partial charge on any atom is 0.147 e. The molecular weight excluding hydrogens is 873 g/mol. The average molecular weight is 935 g/mol. The van der Waals surface area contributed by atoms with Crippen molar-refractivity contribution < 1.29 is 19.7 Å². The van der Waals surface area contributed by atoms with Crippen LogP contribution in [0.15, 0.2) is 170 Å². The minimum atomic E-state index is -0.117. The summed E-state index contributed by atoms with van der Waals surface area (Å²) in [6, 6.07) is 58.8. The van der Waals surface area contributed by atoms with Gasteiger partial charge in [0.25, 0.3) is 0 Å². The van der Waals surface area contributed by atoms with E-state index in [4.69, 9.17) is 9.47 Å². The molecule has 1 unspecified atom stereocenters. The molecule has 356 valence electrons. The number of benzene rings is 8. The number of ether oxygens (including phenoxy) is 2. The maximum absolute atomic E-state index is 12.5. The Morgan fingerprint density at radius 2 is 0.732 bits per heavy atom. The van der Waals surface area contributed by atoms with Gasteiger partial charge in [-0.05, 0) is 123 Å². The van der Waals surface area contributed by atoms with Crippen LogP contribution in [-0.2, 0) is 0 Å². The predicted molar refractivity (Wildman–Crippen MR) is 292 cm³/mol. The minimum Gasteiger partial charge on any atom is -0.505 e. The first-order chi connectivity index (χ1) is 34.9. The third-order valence-corrected chi connectivity index (χ3v) is 15.8. The highest BCUT2D eigenvalue weighted by molar-refractivity contribution is 6.10. The summed E-state index contributed by atoms with van der Waals surface area (Å²) in [4.78, 5) is 0. The second-order valence-electron chi connectivity index (χ2n) is 20.4. The van der Waals surface area contributed by atoms with Crippen molar-refractivity contribution in [1.29, 1.82) is 0 Å². The van der Waals surface area contributed by atoms with Crippen LogP contribution in [0.5, 0.6) is 23.0 Å². The molecule has 2 aliphatic rings. The Hall–Kier alpha value is -7.44. The predicted octanol–water partition coefficient (Wildman–Crippen LogP) is 17.0. The van der Waals surface area contributed by atoms with Crippen LogP contribution in [0, 0.1) is 25.7 Å². The Kier molecular flexibility index (Phi) is 12.0. The molecule has 6 heteroatoms. The largest absolute Gasteiger partial charge is 0.505 e. The molecule has 0 radical (unpaired) electrons. The van der Waals surface area contributed by atoms with Crippen molar-refractivity contribution >= 4 is 43.6 Å². The van der Waals surface area contributed by atoms with Crippen LogP contribution in [0.2, 0.25) is 0 Å². The third kappa shape index (κ3) is 8.27. The zero-order valence-electron chi connectivity index (χ0n) is 40.9. The molecule has 0 spiro atoms. The van der Waals surface area contributed by atoms with Crippen LogP contribution in [0.25, 0.3) is 77.2 Å². The van der Waals surface area contributed by atoms with Gasteiger partial charge in [0, 0.05) is 50.2 Å².